The van der Waals surface area contributed by atoms with Crippen molar-refractivity contribution in [2.24, 2.45) is 0 Å². The van der Waals surface area contributed by atoms with Crippen LogP contribution in [0.1, 0.15) is 13.8 Å². The fraction of sp³-hybridized carbons (Fsp3) is 0.200. The molecule has 11 nitrogen and oxygen atoms in total. The lowest BCUT2D eigenvalue weighted by atomic mass is 10.3. The zero-order valence-electron chi connectivity index (χ0n) is 11.4. The molecule has 0 spiro atoms. The minimum absolute atomic E-state index is 0.248. The standard InChI is InChI=1S/C10H6Cl2N4O7/c1-3(17)22-14-5-6(15(10(14)19)23-4(2)18)8(11)13-9(12)7(5)16(20)21/h1-2H3. The summed E-state index contributed by atoms with van der Waals surface area (Å²) in [6.07, 6.45) is 0. The summed E-state index contributed by atoms with van der Waals surface area (Å²) in [5.74, 6) is -1.89. The highest BCUT2D eigenvalue weighted by Crippen LogP contribution is 2.34. The third kappa shape index (κ3) is 2.83. The minimum atomic E-state index is -1.22. The Morgan fingerprint density at radius 3 is 2.00 bits per heavy atom. The average Bonchev–Trinajstić information content (AvgIpc) is 2.63. The molecule has 13 heteroatoms. The van der Waals surface area contributed by atoms with Gasteiger partial charge in [-0.15, -0.1) is 9.46 Å². The van der Waals surface area contributed by atoms with Crippen LogP contribution in [0.5, 0.6) is 0 Å². The second kappa shape index (κ2) is 5.85. The number of carbonyl (C=O) groups excluding carboxylic acids is 2. The van der Waals surface area contributed by atoms with Gasteiger partial charge in [0.05, 0.1) is 4.92 Å². The molecule has 0 unspecified atom stereocenters. The summed E-state index contributed by atoms with van der Waals surface area (Å²) >= 11 is 11.5. The van der Waals surface area contributed by atoms with Crippen LogP contribution in [0.4, 0.5) is 5.69 Å². The molecule has 0 bridgehead atoms. The maximum absolute atomic E-state index is 12.2. The van der Waals surface area contributed by atoms with E-state index in [0.29, 0.717) is 4.73 Å². The molecule has 0 aromatic carbocycles. The SMILES string of the molecule is CC(=O)On1c(=O)n(OC(C)=O)c2c([N+](=O)[O-])c(Cl)nc(Cl)c21. The van der Waals surface area contributed by atoms with Gasteiger partial charge < -0.3 is 9.68 Å². The highest BCUT2D eigenvalue weighted by molar-refractivity contribution is 6.37. The van der Waals surface area contributed by atoms with E-state index in [1.54, 1.807) is 0 Å². The fourth-order valence-electron chi connectivity index (χ4n) is 1.73. The summed E-state index contributed by atoms with van der Waals surface area (Å²) < 4.78 is 0.567. The van der Waals surface area contributed by atoms with Gasteiger partial charge in [-0.2, -0.15) is 0 Å². The topological polar surface area (TPSA) is 136 Å². The van der Waals surface area contributed by atoms with Crippen molar-refractivity contribution < 1.29 is 24.2 Å². The van der Waals surface area contributed by atoms with E-state index in [0.717, 1.165) is 13.8 Å². The number of hydrogen-bond acceptors (Lipinski definition) is 8. The second-order valence-electron chi connectivity index (χ2n) is 4.03. The van der Waals surface area contributed by atoms with E-state index in [1.807, 2.05) is 0 Å². The number of pyridine rings is 1. The first-order chi connectivity index (χ1) is 10.6. The normalized spacial score (nSPS) is 10.6. The molecule has 0 saturated carbocycles. The summed E-state index contributed by atoms with van der Waals surface area (Å²) in [6, 6.07) is 0. The van der Waals surface area contributed by atoms with Crippen LogP contribution in [0.2, 0.25) is 10.3 Å². The molecule has 2 heterocycles. The first-order valence-corrected chi connectivity index (χ1v) is 6.45. The molecule has 0 fully saturated rings. The van der Waals surface area contributed by atoms with Crippen LogP contribution in [-0.2, 0) is 9.59 Å². The van der Waals surface area contributed by atoms with Gasteiger partial charge in [0.2, 0.25) is 5.15 Å². The van der Waals surface area contributed by atoms with Gasteiger partial charge in [0.25, 0.3) is 0 Å². The molecule has 0 N–H and O–H groups in total. The molecule has 2 aromatic rings. The third-order valence-corrected chi connectivity index (χ3v) is 2.94. The van der Waals surface area contributed by atoms with Gasteiger partial charge in [-0.05, 0) is 0 Å². The van der Waals surface area contributed by atoms with Crippen LogP contribution < -0.4 is 15.4 Å². The Morgan fingerprint density at radius 1 is 1.09 bits per heavy atom. The van der Waals surface area contributed by atoms with Crippen molar-refractivity contribution in [1.29, 1.82) is 0 Å². The largest absolute Gasteiger partial charge is 0.396 e. The van der Waals surface area contributed by atoms with Crippen molar-refractivity contribution in [1.82, 2.24) is 14.4 Å². The van der Waals surface area contributed by atoms with E-state index < -0.39 is 49.6 Å². The van der Waals surface area contributed by atoms with Crippen molar-refractivity contribution >= 4 is 51.9 Å². The van der Waals surface area contributed by atoms with Gasteiger partial charge in [0.15, 0.2) is 16.2 Å². The summed E-state index contributed by atoms with van der Waals surface area (Å²) in [7, 11) is 0. The van der Waals surface area contributed by atoms with Crippen LogP contribution in [-0.4, -0.2) is 31.3 Å². The minimum Gasteiger partial charge on any atom is -0.332 e. The summed E-state index contributed by atoms with van der Waals surface area (Å²) in [5, 5.41) is 10.1. The van der Waals surface area contributed by atoms with E-state index >= 15 is 0 Å². The molecule has 2 aromatic heterocycles. The average molecular weight is 365 g/mol. The molecule has 23 heavy (non-hydrogen) atoms. The molecule has 0 radical (unpaired) electrons. The van der Waals surface area contributed by atoms with E-state index in [4.69, 9.17) is 23.2 Å². The molecule has 0 amide bonds. The maximum atomic E-state index is 12.2. The van der Waals surface area contributed by atoms with Gasteiger partial charge in [-0.3, -0.25) is 10.1 Å². The van der Waals surface area contributed by atoms with E-state index in [2.05, 4.69) is 14.7 Å². The summed E-state index contributed by atoms with van der Waals surface area (Å²) in [5.41, 5.74) is -3.11. The molecule has 122 valence electrons. The number of hydrogen-bond donors (Lipinski definition) is 0. The summed E-state index contributed by atoms with van der Waals surface area (Å²) in [6.45, 7) is 1.94. The first-order valence-electron chi connectivity index (χ1n) is 5.69. The van der Waals surface area contributed by atoms with Crippen molar-refractivity contribution in [2.45, 2.75) is 13.8 Å². The number of rotatable bonds is 3. The zero-order chi connectivity index (χ0) is 17.5. The number of fused-ring (bicyclic) bond motifs is 1. The molecular formula is C10H6Cl2N4O7. The predicted molar refractivity (Wildman–Crippen MR) is 75.2 cm³/mol. The lowest BCUT2D eigenvalue weighted by molar-refractivity contribution is -0.383. The Labute approximate surface area is 136 Å². The lowest BCUT2D eigenvalue weighted by Gasteiger charge is -2.03. The number of nitro groups is 1. The number of imidazole rings is 1. The molecule has 0 aliphatic rings. The lowest BCUT2D eigenvalue weighted by Crippen LogP contribution is -2.35. The van der Waals surface area contributed by atoms with E-state index in [1.165, 1.54) is 0 Å². The number of carbonyl (C=O) groups is 2. The van der Waals surface area contributed by atoms with Crippen molar-refractivity contribution in [3.63, 3.8) is 0 Å². The van der Waals surface area contributed by atoms with E-state index in [9.17, 15) is 24.5 Å². The Balaban J connectivity index is 3.05. The van der Waals surface area contributed by atoms with Crippen LogP contribution in [0.3, 0.4) is 0 Å². The maximum Gasteiger partial charge on any atom is 0.396 e. The Kier molecular flexibility index (Phi) is 4.25. The Morgan fingerprint density at radius 2 is 1.57 bits per heavy atom. The zero-order valence-corrected chi connectivity index (χ0v) is 12.9. The molecule has 0 aliphatic heterocycles. The monoisotopic (exact) mass is 364 g/mol. The summed E-state index contributed by atoms with van der Waals surface area (Å²) in [4.78, 5) is 57.5. The molecule has 0 saturated heterocycles. The van der Waals surface area contributed by atoms with Gasteiger partial charge in [-0.1, -0.05) is 23.2 Å². The smallest absolute Gasteiger partial charge is 0.332 e. The van der Waals surface area contributed by atoms with Gasteiger partial charge in [0.1, 0.15) is 0 Å². The Hall–Kier alpha value is -2.66. The first kappa shape index (κ1) is 16.7. The van der Waals surface area contributed by atoms with Gasteiger partial charge >= 0.3 is 23.3 Å². The van der Waals surface area contributed by atoms with Gasteiger partial charge in [0, 0.05) is 13.8 Å². The fourth-order valence-corrected chi connectivity index (χ4v) is 2.27. The van der Waals surface area contributed by atoms with Crippen LogP contribution >= 0.6 is 23.2 Å². The molecule has 0 aliphatic carbocycles. The van der Waals surface area contributed by atoms with Crippen molar-refractivity contribution in [3.05, 3.63) is 30.9 Å². The number of nitrogens with zero attached hydrogens (tertiary/aromatic N) is 4. The number of halogens is 2. The predicted octanol–water partition coefficient (Wildman–Crippen LogP) is 0.363. The highest BCUT2D eigenvalue weighted by Gasteiger charge is 2.32. The Bertz CT molecular complexity index is 916. The number of aromatic nitrogens is 3. The van der Waals surface area contributed by atoms with Crippen LogP contribution in [0.15, 0.2) is 4.79 Å². The van der Waals surface area contributed by atoms with Gasteiger partial charge in [-0.25, -0.2) is 19.4 Å². The van der Waals surface area contributed by atoms with Crippen molar-refractivity contribution in [3.8, 4) is 0 Å². The van der Waals surface area contributed by atoms with Crippen molar-refractivity contribution in [2.75, 3.05) is 0 Å². The second-order valence-corrected chi connectivity index (χ2v) is 4.75. The van der Waals surface area contributed by atoms with Crippen LogP contribution in [0, 0.1) is 10.1 Å². The molecule has 2 rings (SSSR count). The quantitative estimate of drug-likeness (QED) is 0.432. The van der Waals surface area contributed by atoms with E-state index in [-0.39, 0.29) is 4.73 Å². The third-order valence-electron chi connectivity index (χ3n) is 2.41. The highest BCUT2D eigenvalue weighted by atomic mass is 35.5. The molecule has 0 atom stereocenters. The van der Waals surface area contributed by atoms with Crippen LogP contribution in [0.25, 0.3) is 11.0 Å². The molecular weight excluding hydrogens is 359 g/mol.